The second-order valence-electron chi connectivity index (χ2n) is 7.37. The normalized spacial score (nSPS) is 12.1. The smallest absolute Gasteiger partial charge is 0.266 e. The number of carbonyl (C=O) groups excluding carboxylic acids is 1. The van der Waals surface area contributed by atoms with E-state index in [0.717, 1.165) is 5.56 Å². The van der Waals surface area contributed by atoms with Crippen molar-refractivity contribution < 1.29 is 23.7 Å². The Balaban J connectivity index is 1.45. The molecule has 0 radical (unpaired) electrons. The summed E-state index contributed by atoms with van der Waals surface area (Å²) in [6, 6.07) is 17.7. The maximum absolute atomic E-state index is 12.6. The molecule has 1 heterocycles. The monoisotopic (exact) mass is 554 g/mol. The lowest BCUT2D eigenvalue weighted by Gasteiger charge is -2.12. The third kappa shape index (κ3) is 6.07. The van der Waals surface area contributed by atoms with Gasteiger partial charge in [-0.15, -0.1) is 0 Å². The van der Waals surface area contributed by atoms with Crippen molar-refractivity contribution in [2.75, 3.05) is 18.7 Å². The Bertz CT molecular complexity index is 1300. The molecule has 7 nitrogen and oxygen atoms in total. The molecule has 9 heteroatoms. The predicted molar refractivity (Wildman–Crippen MR) is 136 cm³/mol. The lowest BCUT2D eigenvalue weighted by Crippen LogP contribution is -2.13. The molecule has 0 saturated carbocycles. The number of amides is 1. The van der Waals surface area contributed by atoms with Gasteiger partial charge in [-0.2, -0.15) is 5.26 Å². The van der Waals surface area contributed by atoms with E-state index in [1.54, 1.807) is 36.4 Å². The van der Waals surface area contributed by atoms with Crippen LogP contribution in [0.4, 0.5) is 5.69 Å². The molecule has 0 unspecified atom stereocenters. The first-order valence-corrected chi connectivity index (χ1v) is 11.8. The van der Waals surface area contributed by atoms with Crippen molar-refractivity contribution >= 4 is 45.2 Å². The molecule has 1 aliphatic rings. The molecule has 3 aromatic rings. The van der Waals surface area contributed by atoms with Crippen LogP contribution in [0.15, 0.2) is 64.6 Å². The predicted octanol–water partition coefficient (Wildman–Crippen LogP) is 6.35. The van der Waals surface area contributed by atoms with Crippen molar-refractivity contribution in [1.82, 2.24) is 0 Å². The van der Waals surface area contributed by atoms with E-state index >= 15 is 0 Å². The molecule has 0 bridgehead atoms. The van der Waals surface area contributed by atoms with Gasteiger partial charge in [0.05, 0.1) is 16.1 Å². The molecule has 4 rings (SSSR count). The number of rotatable bonds is 8. The van der Waals surface area contributed by atoms with E-state index in [-0.39, 0.29) is 19.0 Å². The van der Waals surface area contributed by atoms with Crippen LogP contribution in [-0.2, 0) is 11.4 Å². The first-order chi connectivity index (χ1) is 17.0. The van der Waals surface area contributed by atoms with Crippen LogP contribution < -0.4 is 24.3 Å². The summed E-state index contributed by atoms with van der Waals surface area (Å²) in [6.07, 6.45) is 1.46. The molecule has 1 aliphatic heterocycles. The summed E-state index contributed by atoms with van der Waals surface area (Å²) in [5, 5.41) is 12.6. The van der Waals surface area contributed by atoms with Crippen LogP contribution in [0.3, 0.4) is 0 Å². The zero-order valence-electron chi connectivity index (χ0n) is 18.6. The SMILES string of the molecule is CCOc1ccc(NC(=O)/C(C#N)=C\c2cc(Cl)c(OCc3ccc4c(c3)OCO4)c(Br)c2)cc1. The summed E-state index contributed by atoms with van der Waals surface area (Å²) in [7, 11) is 0. The molecule has 1 N–H and O–H groups in total. The minimum atomic E-state index is -0.535. The number of nitrogens with one attached hydrogen (secondary N) is 1. The third-order valence-corrected chi connectivity index (χ3v) is 5.81. The Morgan fingerprint density at radius 2 is 1.91 bits per heavy atom. The summed E-state index contributed by atoms with van der Waals surface area (Å²) in [4.78, 5) is 12.6. The fourth-order valence-electron chi connectivity index (χ4n) is 3.30. The number of hydrogen-bond acceptors (Lipinski definition) is 6. The van der Waals surface area contributed by atoms with Gasteiger partial charge in [0.2, 0.25) is 6.79 Å². The number of hydrogen-bond donors (Lipinski definition) is 1. The first kappa shape index (κ1) is 24.5. The van der Waals surface area contributed by atoms with Crippen molar-refractivity contribution in [1.29, 1.82) is 5.26 Å². The fourth-order valence-corrected chi connectivity index (χ4v) is 4.29. The molecule has 0 spiro atoms. The summed E-state index contributed by atoms with van der Waals surface area (Å²) in [5.74, 6) is 1.97. The van der Waals surface area contributed by atoms with E-state index in [1.165, 1.54) is 6.08 Å². The summed E-state index contributed by atoms with van der Waals surface area (Å²) in [6.45, 7) is 2.91. The number of anilines is 1. The van der Waals surface area contributed by atoms with E-state index in [0.29, 0.717) is 50.4 Å². The van der Waals surface area contributed by atoms with Crippen LogP contribution in [0.25, 0.3) is 6.08 Å². The number of nitrogens with zero attached hydrogens (tertiary/aromatic N) is 1. The van der Waals surface area contributed by atoms with E-state index in [4.69, 9.17) is 30.5 Å². The Morgan fingerprint density at radius 1 is 1.14 bits per heavy atom. The quantitative estimate of drug-likeness (QED) is 0.257. The van der Waals surface area contributed by atoms with Gasteiger partial charge in [-0.1, -0.05) is 17.7 Å². The minimum absolute atomic E-state index is 0.0733. The Morgan fingerprint density at radius 3 is 2.63 bits per heavy atom. The standard InChI is InChI=1S/C26H20BrClN2O5/c1-2-32-20-6-4-19(5-7-20)30-26(31)18(13-29)9-17-10-21(27)25(22(28)11-17)33-14-16-3-8-23-24(12-16)35-15-34-23/h3-12H,2,14-15H2,1H3,(H,30,31)/b18-9-. The first-order valence-electron chi connectivity index (χ1n) is 10.6. The van der Waals surface area contributed by atoms with Gasteiger partial charge < -0.3 is 24.3 Å². The highest BCUT2D eigenvalue weighted by atomic mass is 79.9. The van der Waals surface area contributed by atoms with Gasteiger partial charge in [0, 0.05) is 5.69 Å². The highest BCUT2D eigenvalue weighted by Crippen LogP contribution is 2.37. The van der Waals surface area contributed by atoms with Crippen LogP contribution >= 0.6 is 27.5 Å². The van der Waals surface area contributed by atoms with Crippen LogP contribution in [-0.4, -0.2) is 19.3 Å². The minimum Gasteiger partial charge on any atom is -0.494 e. The zero-order valence-corrected chi connectivity index (χ0v) is 21.0. The van der Waals surface area contributed by atoms with Crippen molar-refractivity contribution in [3.63, 3.8) is 0 Å². The van der Waals surface area contributed by atoms with Gasteiger partial charge in [-0.05, 0) is 88.6 Å². The molecule has 0 aliphatic carbocycles. The second kappa shape index (κ2) is 11.2. The van der Waals surface area contributed by atoms with E-state index in [1.807, 2.05) is 31.2 Å². The highest BCUT2D eigenvalue weighted by Gasteiger charge is 2.15. The summed E-state index contributed by atoms with van der Waals surface area (Å²) < 4.78 is 22.6. The van der Waals surface area contributed by atoms with E-state index in [2.05, 4.69) is 21.2 Å². The fraction of sp³-hybridized carbons (Fsp3) is 0.154. The number of halogens is 2. The molecule has 0 atom stereocenters. The molecular formula is C26H20BrClN2O5. The van der Waals surface area contributed by atoms with E-state index in [9.17, 15) is 10.1 Å². The average Bonchev–Trinajstić information content (AvgIpc) is 3.31. The van der Waals surface area contributed by atoms with Crippen molar-refractivity contribution in [2.45, 2.75) is 13.5 Å². The van der Waals surface area contributed by atoms with Gasteiger partial charge >= 0.3 is 0 Å². The lowest BCUT2D eigenvalue weighted by molar-refractivity contribution is -0.112. The van der Waals surface area contributed by atoms with Crippen LogP contribution in [0.1, 0.15) is 18.1 Å². The molecule has 35 heavy (non-hydrogen) atoms. The highest BCUT2D eigenvalue weighted by molar-refractivity contribution is 9.10. The van der Waals surface area contributed by atoms with Crippen molar-refractivity contribution in [2.24, 2.45) is 0 Å². The molecule has 0 fully saturated rings. The molecule has 3 aromatic carbocycles. The van der Waals surface area contributed by atoms with E-state index < -0.39 is 5.91 Å². The topological polar surface area (TPSA) is 89.8 Å². The Hall–Kier alpha value is -3.67. The lowest BCUT2D eigenvalue weighted by atomic mass is 10.1. The molecule has 0 aromatic heterocycles. The average molecular weight is 556 g/mol. The maximum Gasteiger partial charge on any atom is 0.266 e. The van der Waals surface area contributed by atoms with Gasteiger partial charge in [0.1, 0.15) is 24.0 Å². The van der Waals surface area contributed by atoms with Gasteiger partial charge in [-0.25, -0.2) is 0 Å². The maximum atomic E-state index is 12.6. The number of ether oxygens (including phenoxy) is 4. The van der Waals surface area contributed by atoms with Crippen molar-refractivity contribution in [3.8, 4) is 29.1 Å². The molecule has 1 amide bonds. The van der Waals surface area contributed by atoms with Crippen LogP contribution in [0.5, 0.6) is 23.0 Å². The summed E-state index contributed by atoms with van der Waals surface area (Å²) in [5.41, 5.74) is 1.93. The van der Waals surface area contributed by atoms with Gasteiger partial charge in [0.25, 0.3) is 5.91 Å². The van der Waals surface area contributed by atoms with Crippen molar-refractivity contribution in [3.05, 3.63) is 80.8 Å². The third-order valence-electron chi connectivity index (χ3n) is 4.94. The number of carbonyl (C=O) groups is 1. The second-order valence-corrected chi connectivity index (χ2v) is 8.63. The van der Waals surface area contributed by atoms with Crippen LogP contribution in [0.2, 0.25) is 5.02 Å². The molecular weight excluding hydrogens is 536 g/mol. The molecule has 178 valence electrons. The molecule has 0 saturated heterocycles. The Kier molecular flexibility index (Phi) is 7.80. The zero-order chi connectivity index (χ0) is 24.8. The van der Waals surface area contributed by atoms with Gasteiger partial charge in [0.15, 0.2) is 17.2 Å². The van der Waals surface area contributed by atoms with Crippen LogP contribution in [0, 0.1) is 11.3 Å². The van der Waals surface area contributed by atoms with Gasteiger partial charge in [-0.3, -0.25) is 4.79 Å². The summed E-state index contributed by atoms with van der Waals surface area (Å²) >= 11 is 9.91. The Labute approximate surface area is 215 Å². The largest absolute Gasteiger partial charge is 0.494 e. The number of fused-ring (bicyclic) bond motifs is 1. The number of benzene rings is 3. The number of nitriles is 1.